The van der Waals surface area contributed by atoms with Gasteiger partial charge >= 0.3 is 0 Å². The average molecular weight is 322 g/mol. The highest BCUT2D eigenvalue weighted by Crippen LogP contribution is 2.21. The Morgan fingerprint density at radius 3 is 2.46 bits per heavy atom. The molecule has 0 atom stereocenters. The number of carbonyl (C=O) groups excluding carboxylic acids is 1. The molecular weight excluding hydrogens is 304 g/mol. The highest BCUT2D eigenvalue weighted by Gasteiger charge is 2.07. The summed E-state index contributed by atoms with van der Waals surface area (Å²) in [5.74, 6) is 1.16. The fourth-order valence-corrected chi connectivity index (χ4v) is 2.34. The van der Waals surface area contributed by atoms with Crippen LogP contribution in [-0.2, 0) is 4.79 Å². The van der Waals surface area contributed by atoms with Crippen molar-refractivity contribution in [2.45, 2.75) is 6.92 Å². The van der Waals surface area contributed by atoms with Crippen molar-refractivity contribution in [1.29, 1.82) is 0 Å². The van der Waals surface area contributed by atoms with Crippen LogP contribution in [0.3, 0.4) is 0 Å². The van der Waals surface area contributed by atoms with Crippen LogP contribution in [0.25, 0.3) is 10.9 Å². The first-order valence-corrected chi connectivity index (χ1v) is 7.75. The molecule has 0 saturated carbocycles. The maximum Gasteiger partial charge on any atom is 0.262 e. The van der Waals surface area contributed by atoms with Crippen LogP contribution in [0.1, 0.15) is 6.92 Å². The third kappa shape index (κ3) is 3.81. The normalized spacial score (nSPS) is 10.4. The van der Waals surface area contributed by atoms with Crippen LogP contribution >= 0.6 is 0 Å². The lowest BCUT2D eigenvalue weighted by Crippen LogP contribution is -2.20. The zero-order valence-corrected chi connectivity index (χ0v) is 13.4. The van der Waals surface area contributed by atoms with Crippen LogP contribution < -0.4 is 14.8 Å². The predicted molar refractivity (Wildman–Crippen MR) is 93.5 cm³/mol. The minimum absolute atomic E-state index is 0.0722. The standard InChI is InChI=1S/C19H18N2O3/c1-2-23-15-8-10-16(11-9-15)24-13-18(22)21-17-7-3-5-14-6-4-12-20-19(14)17/h3-12H,2,13H2,1H3,(H,21,22). The number of ether oxygens (including phenoxy) is 2. The molecule has 5 nitrogen and oxygen atoms in total. The van der Waals surface area contributed by atoms with E-state index in [1.807, 2.05) is 49.4 Å². The molecule has 2 aromatic carbocycles. The second-order valence-electron chi connectivity index (χ2n) is 5.12. The number of hydrogen-bond acceptors (Lipinski definition) is 4. The van der Waals surface area contributed by atoms with E-state index in [0.717, 1.165) is 16.7 Å². The van der Waals surface area contributed by atoms with Gasteiger partial charge in [-0.25, -0.2) is 0 Å². The van der Waals surface area contributed by atoms with Gasteiger partial charge in [0.05, 0.1) is 17.8 Å². The van der Waals surface area contributed by atoms with Crippen LogP contribution in [0.15, 0.2) is 60.8 Å². The number of benzene rings is 2. The van der Waals surface area contributed by atoms with Crippen LogP contribution in [0.5, 0.6) is 11.5 Å². The molecule has 3 rings (SSSR count). The summed E-state index contributed by atoms with van der Waals surface area (Å²) >= 11 is 0. The van der Waals surface area contributed by atoms with Crippen molar-refractivity contribution in [1.82, 2.24) is 4.98 Å². The van der Waals surface area contributed by atoms with Gasteiger partial charge in [-0.15, -0.1) is 0 Å². The summed E-state index contributed by atoms with van der Waals surface area (Å²) < 4.78 is 10.9. The Morgan fingerprint density at radius 2 is 1.71 bits per heavy atom. The summed E-state index contributed by atoms with van der Waals surface area (Å²) in [5.41, 5.74) is 1.43. The molecule has 1 aromatic heterocycles. The molecule has 0 saturated heterocycles. The summed E-state index contributed by atoms with van der Waals surface area (Å²) in [6.45, 7) is 2.47. The highest BCUT2D eigenvalue weighted by atomic mass is 16.5. The molecule has 5 heteroatoms. The van der Waals surface area contributed by atoms with Crippen molar-refractivity contribution < 1.29 is 14.3 Å². The van der Waals surface area contributed by atoms with Gasteiger partial charge in [0.15, 0.2) is 6.61 Å². The number of rotatable bonds is 6. The smallest absolute Gasteiger partial charge is 0.262 e. The Labute approximate surface area is 140 Å². The first kappa shape index (κ1) is 15.8. The second-order valence-corrected chi connectivity index (χ2v) is 5.12. The van der Waals surface area contributed by atoms with Gasteiger partial charge in [0.1, 0.15) is 11.5 Å². The number of fused-ring (bicyclic) bond motifs is 1. The Hall–Kier alpha value is -3.08. The van der Waals surface area contributed by atoms with E-state index in [2.05, 4.69) is 10.3 Å². The molecule has 0 fully saturated rings. The first-order valence-electron chi connectivity index (χ1n) is 7.75. The SMILES string of the molecule is CCOc1ccc(OCC(=O)Nc2cccc3cccnc23)cc1. The van der Waals surface area contributed by atoms with Crippen LogP contribution in [0.4, 0.5) is 5.69 Å². The highest BCUT2D eigenvalue weighted by molar-refractivity contribution is 6.00. The molecule has 0 unspecified atom stereocenters. The number of nitrogens with one attached hydrogen (secondary N) is 1. The Kier molecular flexibility index (Phi) is 4.91. The average Bonchev–Trinajstić information content (AvgIpc) is 2.62. The molecule has 1 N–H and O–H groups in total. The van der Waals surface area contributed by atoms with Gasteiger partial charge in [0, 0.05) is 11.6 Å². The number of aromatic nitrogens is 1. The molecule has 1 amide bonds. The molecule has 24 heavy (non-hydrogen) atoms. The summed E-state index contributed by atoms with van der Waals surface area (Å²) in [7, 11) is 0. The largest absolute Gasteiger partial charge is 0.494 e. The molecule has 122 valence electrons. The second kappa shape index (κ2) is 7.46. The van der Waals surface area contributed by atoms with E-state index < -0.39 is 0 Å². The van der Waals surface area contributed by atoms with E-state index in [9.17, 15) is 4.79 Å². The molecule has 3 aromatic rings. The van der Waals surface area contributed by atoms with Gasteiger partial charge in [-0.1, -0.05) is 18.2 Å². The number of para-hydroxylation sites is 1. The molecular formula is C19H18N2O3. The quantitative estimate of drug-likeness (QED) is 0.752. The Bertz CT molecular complexity index is 826. The fraction of sp³-hybridized carbons (Fsp3) is 0.158. The summed E-state index contributed by atoms with van der Waals surface area (Å²) in [4.78, 5) is 16.4. The van der Waals surface area contributed by atoms with Gasteiger partial charge in [-0.3, -0.25) is 9.78 Å². The Morgan fingerprint density at radius 1 is 1.00 bits per heavy atom. The first-order chi connectivity index (χ1) is 11.8. The van der Waals surface area contributed by atoms with E-state index in [0.29, 0.717) is 18.0 Å². The zero-order chi connectivity index (χ0) is 16.8. The fourth-order valence-electron chi connectivity index (χ4n) is 2.34. The van der Waals surface area contributed by atoms with Crippen LogP contribution in [0, 0.1) is 0 Å². The van der Waals surface area contributed by atoms with Gasteiger partial charge in [0.2, 0.25) is 0 Å². The summed E-state index contributed by atoms with van der Waals surface area (Å²) in [6.07, 6.45) is 1.70. The van der Waals surface area contributed by atoms with Crippen molar-refractivity contribution in [3.05, 3.63) is 60.8 Å². The van der Waals surface area contributed by atoms with Crippen molar-refractivity contribution in [3.8, 4) is 11.5 Å². The van der Waals surface area contributed by atoms with Crippen molar-refractivity contribution in [2.24, 2.45) is 0 Å². The Balaban J connectivity index is 1.61. The molecule has 1 heterocycles. The topological polar surface area (TPSA) is 60.5 Å². The van der Waals surface area contributed by atoms with E-state index >= 15 is 0 Å². The molecule has 0 aliphatic carbocycles. The van der Waals surface area contributed by atoms with Crippen molar-refractivity contribution in [2.75, 3.05) is 18.5 Å². The monoisotopic (exact) mass is 322 g/mol. The number of anilines is 1. The van der Waals surface area contributed by atoms with E-state index in [-0.39, 0.29) is 12.5 Å². The minimum atomic E-state index is -0.234. The van der Waals surface area contributed by atoms with E-state index in [1.165, 1.54) is 0 Å². The molecule has 0 bridgehead atoms. The van der Waals surface area contributed by atoms with Crippen molar-refractivity contribution in [3.63, 3.8) is 0 Å². The maximum absolute atomic E-state index is 12.1. The lowest BCUT2D eigenvalue weighted by molar-refractivity contribution is -0.118. The number of pyridine rings is 1. The van der Waals surface area contributed by atoms with E-state index in [4.69, 9.17) is 9.47 Å². The molecule has 0 spiro atoms. The third-order valence-corrected chi connectivity index (χ3v) is 3.41. The number of hydrogen-bond donors (Lipinski definition) is 1. The summed E-state index contributed by atoms with van der Waals surface area (Å²) in [6, 6.07) is 16.6. The van der Waals surface area contributed by atoms with Gasteiger partial charge in [-0.05, 0) is 43.3 Å². The van der Waals surface area contributed by atoms with Gasteiger partial charge in [0.25, 0.3) is 5.91 Å². The number of amides is 1. The molecule has 0 aliphatic rings. The molecule has 0 aliphatic heterocycles. The zero-order valence-electron chi connectivity index (χ0n) is 13.4. The lowest BCUT2D eigenvalue weighted by atomic mass is 10.2. The third-order valence-electron chi connectivity index (χ3n) is 3.41. The van der Waals surface area contributed by atoms with Crippen LogP contribution in [-0.4, -0.2) is 24.1 Å². The van der Waals surface area contributed by atoms with Gasteiger partial charge in [-0.2, -0.15) is 0 Å². The maximum atomic E-state index is 12.1. The minimum Gasteiger partial charge on any atom is -0.494 e. The predicted octanol–water partition coefficient (Wildman–Crippen LogP) is 3.65. The summed E-state index contributed by atoms with van der Waals surface area (Å²) in [5, 5.41) is 3.81. The number of nitrogens with zero attached hydrogens (tertiary/aromatic N) is 1. The lowest BCUT2D eigenvalue weighted by Gasteiger charge is -2.10. The molecule has 0 radical (unpaired) electrons. The van der Waals surface area contributed by atoms with Crippen molar-refractivity contribution >= 4 is 22.5 Å². The van der Waals surface area contributed by atoms with E-state index in [1.54, 1.807) is 18.3 Å². The van der Waals surface area contributed by atoms with Crippen LogP contribution in [0.2, 0.25) is 0 Å². The van der Waals surface area contributed by atoms with Gasteiger partial charge < -0.3 is 14.8 Å². The number of carbonyl (C=O) groups is 1.